The fourth-order valence-electron chi connectivity index (χ4n) is 2.19. The Labute approximate surface area is 107 Å². The van der Waals surface area contributed by atoms with E-state index >= 15 is 0 Å². The molecule has 3 nitrogen and oxygen atoms in total. The highest BCUT2D eigenvalue weighted by Gasteiger charge is 2.32. The molecule has 2 rings (SSSR count). The standard InChI is InChI=1S/C13H18ClNO2/c1-13(2)6-9-4-8(11(16)7-15-3)5-10(14)12(9)17-13/h4-5,11,15-16H,6-7H2,1-3H3. The Kier molecular flexibility index (Phi) is 3.34. The van der Waals surface area contributed by atoms with E-state index in [4.69, 9.17) is 16.3 Å². The molecule has 4 heteroatoms. The van der Waals surface area contributed by atoms with Crippen molar-refractivity contribution in [2.45, 2.75) is 32.0 Å². The van der Waals surface area contributed by atoms with Gasteiger partial charge in [0.25, 0.3) is 0 Å². The number of halogens is 1. The van der Waals surface area contributed by atoms with E-state index in [-0.39, 0.29) is 5.60 Å². The number of benzene rings is 1. The maximum Gasteiger partial charge on any atom is 0.142 e. The first-order valence-electron chi connectivity index (χ1n) is 5.77. The number of nitrogens with one attached hydrogen (secondary N) is 1. The van der Waals surface area contributed by atoms with Crippen LogP contribution in [0.1, 0.15) is 31.1 Å². The lowest BCUT2D eigenvalue weighted by atomic mass is 9.98. The van der Waals surface area contributed by atoms with E-state index in [1.807, 2.05) is 27.0 Å². The SMILES string of the molecule is CNCC(O)c1cc(Cl)c2c(c1)CC(C)(C)O2. The van der Waals surface area contributed by atoms with E-state index in [1.54, 1.807) is 6.07 Å². The highest BCUT2D eigenvalue weighted by molar-refractivity contribution is 6.32. The number of fused-ring (bicyclic) bond motifs is 1. The van der Waals surface area contributed by atoms with Gasteiger partial charge in [0.1, 0.15) is 11.4 Å². The zero-order chi connectivity index (χ0) is 12.6. The third-order valence-corrected chi connectivity index (χ3v) is 3.20. The molecule has 1 aromatic rings. The molecule has 17 heavy (non-hydrogen) atoms. The number of likely N-dealkylation sites (N-methyl/N-ethyl adjacent to an activating group) is 1. The van der Waals surface area contributed by atoms with E-state index in [0.717, 1.165) is 23.3 Å². The molecule has 2 N–H and O–H groups in total. The van der Waals surface area contributed by atoms with E-state index in [0.29, 0.717) is 11.6 Å². The average molecular weight is 256 g/mol. The summed E-state index contributed by atoms with van der Waals surface area (Å²) in [4.78, 5) is 0. The molecule has 1 heterocycles. The number of ether oxygens (including phenoxy) is 1. The number of rotatable bonds is 3. The van der Waals surface area contributed by atoms with Crippen molar-refractivity contribution in [2.75, 3.05) is 13.6 Å². The van der Waals surface area contributed by atoms with Crippen molar-refractivity contribution in [3.63, 3.8) is 0 Å². The van der Waals surface area contributed by atoms with Crippen molar-refractivity contribution in [1.29, 1.82) is 0 Å². The number of aliphatic hydroxyl groups is 1. The highest BCUT2D eigenvalue weighted by Crippen LogP contribution is 2.41. The Morgan fingerprint density at radius 1 is 1.53 bits per heavy atom. The second-order valence-corrected chi connectivity index (χ2v) is 5.51. The van der Waals surface area contributed by atoms with Gasteiger partial charge in [0.15, 0.2) is 0 Å². The molecule has 0 aromatic heterocycles. The van der Waals surface area contributed by atoms with Gasteiger partial charge in [-0.15, -0.1) is 0 Å². The van der Waals surface area contributed by atoms with Crippen LogP contribution in [0.5, 0.6) is 5.75 Å². The third-order valence-electron chi connectivity index (χ3n) is 2.92. The van der Waals surface area contributed by atoms with Gasteiger partial charge in [-0.2, -0.15) is 0 Å². The van der Waals surface area contributed by atoms with Crippen molar-refractivity contribution < 1.29 is 9.84 Å². The van der Waals surface area contributed by atoms with Crippen LogP contribution in [0.4, 0.5) is 0 Å². The monoisotopic (exact) mass is 255 g/mol. The fraction of sp³-hybridized carbons (Fsp3) is 0.538. The van der Waals surface area contributed by atoms with Crippen LogP contribution >= 0.6 is 11.6 Å². The predicted molar refractivity (Wildman–Crippen MR) is 68.7 cm³/mol. The smallest absolute Gasteiger partial charge is 0.142 e. The Hall–Kier alpha value is -0.770. The maximum atomic E-state index is 9.94. The summed E-state index contributed by atoms with van der Waals surface area (Å²) < 4.78 is 5.79. The highest BCUT2D eigenvalue weighted by atomic mass is 35.5. The van der Waals surface area contributed by atoms with Gasteiger partial charge in [-0.1, -0.05) is 11.6 Å². The van der Waals surface area contributed by atoms with Crippen LogP contribution < -0.4 is 10.1 Å². The van der Waals surface area contributed by atoms with Gasteiger partial charge >= 0.3 is 0 Å². The lowest BCUT2D eigenvalue weighted by Gasteiger charge is -2.17. The van der Waals surface area contributed by atoms with Crippen LogP contribution in [-0.2, 0) is 6.42 Å². The Morgan fingerprint density at radius 3 is 2.88 bits per heavy atom. The van der Waals surface area contributed by atoms with Gasteiger partial charge in [-0.25, -0.2) is 0 Å². The summed E-state index contributed by atoms with van der Waals surface area (Å²) in [6, 6.07) is 3.77. The summed E-state index contributed by atoms with van der Waals surface area (Å²) in [6.45, 7) is 4.58. The van der Waals surface area contributed by atoms with E-state index in [2.05, 4.69) is 5.32 Å². The quantitative estimate of drug-likeness (QED) is 0.871. The second kappa shape index (κ2) is 4.48. The van der Waals surface area contributed by atoms with Crippen molar-refractivity contribution in [3.05, 3.63) is 28.3 Å². The van der Waals surface area contributed by atoms with Crippen LogP contribution in [0.15, 0.2) is 12.1 Å². The minimum absolute atomic E-state index is 0.210. The molecule has 0 fully saturated rings. The lowest BCUT2D eigenvalue weighted by Crippen LogP contribution is -2.24. The molecular weight excluding hydrogens is 238 g/mol. The summed E-state index contributed by atoms with van der Waals surface area (Å²) in [6.07, 6.45) is 0.286. The van der Waals surface area contributed by atoms with Crippen LogP contribution in [0.3, 0.4) is 0 Å². The van der Waals surface area contributed by atoms with Crippen molar-refractivity contribution in [1.82, 2.24) is 5.32 Å². The zero-order valence-corrected chi connectivity index (χ0v) is 11.1. The molecule has 1 aliphatic rings. The van der Waals surface area contributed by atoms with Crippen LogP contribution in [0.25, 0.3) is 0 Å². The molecular formula is C13H18ClNO2. The summed E-state index contributed by atoms with van der Waals surface area (Å²) in [5.74, 6) is 0.761. The number of aliphatic hydroxyl groups excluding tert-OH is 1. The molecule has 0 saturated carbocycles. The van der Waals surface area contributed by atoms with Gasteiger partial charge in [0.2, 0.25) is 0 Å². The first-order chi connectivity index (χ1) is 7.93. The summed E-state index contributed by atoms with van der Waals surface area (Å²) in [7, 11) is 1.81. The molecule has 94 valence electrons. The van der Waals surface area contributed by atoms with Gasteiger partial charge < -0.3 is 15.2 Å². The molecule has 0 amide bonds. The lowest BCUT2D eigenvalue weighted by molar-refractivity contribution is 0.138. The van der Waals surface area contributed by atoms with Gasteiger partial charge in [0, 0.05) is 18.5 Å². The van der Waals surface area contributed by atoms with Crippen LogP contribution in [0.2, 0.25) is 5.02 Å². The summed E-state index contributed by atoms with van der Waals surface area (Å²) >= 11 is 6.19. The number of hydrogen-bond acceptors (Lipinski definition) is 3. The Balaban J connectivity index is 2.33. The topological polar surface area (TPSA) is 41.5 Å². The third kappa shape index (κ3) is 2.57. The van der Waals surface area contributed by atoms with E-state index in [1.165, 1.54) is 0 Å². The Bertz CT molecular complexity index is 432. The minimum atomic E-state index is -0.536. The summed E-state index contributed by atoms with van der Waals surface area (Å²) in [5.41, 5.74) is 1.70. The summed E-state index contributed by atoms with van der Waals surface area (Å²) in [5, 5.41) is 13.5. The maximum absolute atomic E-state index is 9.94. The van der Waals surface area contributed by atoms with Crippen LogP contribution in [0, 0.1) is 0 Å². The largest absolute Gasteiger partial charge is 0.486 e. The van der Waals surface area contributed by atoms with E-state index < -0.39 is 6.10 Å². The minimum Gasteiger partial charge on any atom is -0.486 e. The van der Waals surface area contributed by atoms with Gasteiger partial charge in [-0.05, 0) is 38.6 Å². The normalized spacial score (nSPS) is 18.6. The van der Waals surface area contributed by atoms with Crippen LogP contribution in [-0.4, -0.2) is 24.3 Å². The fourth-order valence-corrected chi connectivity index (χ4v) is 2.48. The first kappa shape index (κ1) is 12.7. The predicted octanol–water partition coefficient (Wildman–Crippen LogP) is 2.31. The van der Waals surface area contributed by atoms with Gasteiger partial charge in [0.05, 0.1) is 11.1 Å². The van der Waals surface area contributed by atoms with Crippen molar-refractivity contribution in [3.8, 4) is 5.75 Å². The average Bonchev–Trinajstić information content (AvgIpc) is 2.53. The van der Waals surface area contributed by atoms with E-state index in [9.17, 15) is 5.11 Å². The molecule has 1 aromatic carbocycles. The number of hydrogen-bond donors (Lipinski definition) is 2. The van der Waals surface area contributed by atoms with Gasteiger partial charge in [-0.3, -0.25) is 0 Å². The molecule has 0 bridgehead atoms. The Morgan fingerprint density at radius 2 is 2.24 bits per heavy atom. The molecule has 1 aliphatic heterocycles. The first-order valence-corrected chi connectivity index (χ1v) is 6.15. The molecule has 0 spiro atoms. The second-order valence-electron chi connectivity index (χ2n) is 5.10. The zero-order valence-electron chi connectivity index (χ0n) is 10.4. The molecule has 0 saturated heterocycles. The molecule has 1 atom stereocenters. The van der Waals surface area contributed by atoms with Crippen molar-refractivity contribution in [2.24, 2.45) is 0 Å². The molecule has 1 unspecified atom stereocenters. The van der Waals surface area contributed by atoms with Crippen molar-refractivity contribution >= 4 is 11.6 Å². The molecule has 0 aliphatic carbocycles. The molecule has 0 radical (unpaired) electrons.